The minimum absolute atomic E-state index is 0.196. The summed E-state index contributed by atoms with van der Waals surface area (Å²) in [4.78, 5) is 28.8. The van der Waals surface area contributed by atoms with Crippen LogP contribution >= 0.6 is 15.9 Å². The molecular weight excluding hydrogens is 432 g/mol. The fraction of sp³-hybridized carbons (Fsp3) is 0.273. The van der Waals surface area contributed by atoms with Crippen molar-refractivity contribution in [1.82, 2.24) is 9.55 Å². The average Bonchev–Trinajstić information content (AvgIpc) is 3.05. The number of nitrogens with one attached hydrogen (secondary N) is 1. The second-order valence-corrected chi connectivity index (χ2v) is 8.35. The second kappa shape index (κ2) is 7.45. The van der Waals surface area contributed by atoms with E-state index in [9.17, 15) is 14.9 Å². The van der Waals surface area contributed by atoms with E-state index in [1.807, 2.05) is 29.8 Å². The monoisotopic (exact) mass is 450 g/mol. The smallest absolute Gasteiger partial charge is 0.257 e. The Hall–Kier alpha value is -2.98. The van der Waals surface area contributed by atoms with E-state index in [4.69, 9.17) is 0 Å². The Morgan fingerprint density at radius 3 is 2.69 bits per heavy atom. The van der Waals surface area contributed by atoms with Crippen molar-refractivity contribution in [1.29, 1.82) is 5.26 Å². The molecule has 0 radical (unpaired) electrons. The molecule has 0 atom stereocenters. The number of anilines is 1. The molecular formula is C22H19BrN4O2. The number of Topliss-reactive ketones (excluding diaryl/α,β-unsaturated/α-hetero) is 1. The molecule has 1 aliphatic rings. The Morgan fingerprint density at radius 1 is 1.28 bits per heavy atom. The van der Waals surface area contributed by atoms with Crippen LogP contribution in [0.2, 0.25) is 0 Å². The van der Waals surface area contributed by atoms with Gasteiger partial charge < -0.3 is 9.88 Å². The number of benzene rings is 1. The predicted molar refractivity (Wildman–Crippen MR) is 114 cm³/mol. The van der Waals surface area contributed by atoms with Gasteiger partial charge in [-0.3, -0.25) is 14.6 Å². The first-order chi connectivity index (χ1) is 13.9. The van der Waals surface area contributed by atoms with Gasteiger partial charge in [-0.15, -0.1) is 0 Å². The Morgan fingerprint density at radius 2 is 2.03 bits per heavy atom. The van der Waals surface area contributed by atoms with Gasteiger partial charge in [0.25, 0.3) is 5.91 Å². The van der Waals surface area contributed by atoms with Crippen LogP contribution in [0.4, 0.5) is 5.69 Å². The van der Waals surface area contributed by atoms with Gasteiger partial charge in [0, 0.05) is 41.5 Å². The topological polar surface area (TPSA) is 87.8 Å². The third-order valence-corrected chi connectivity index (χ3v) is 6.08. The van der Waals surface area contributed by atoms with Gasteiger partial charge in [0.05, 0.1) is 29.2 Å². The highest BCUT2D eigenvalue weighted by Gasteiger charge is 2.37. The molecule has 4 rings (SSSR count). The number of pyridine rings is 1. The van der Waals surface area contributed by atoms with Crippen molar-refractivity contribution < 1.29 is 9.59 Å². The lowest BCUT2D eigenvalue weighted by atomic mass is 9.72. The van der Waals surface area contributed by atoms with E-state index in [-0.39, 0.29) is 11.7 Å². The number of halogens is 1. The van der Waals surface area contributed by atoms with E-state index in [1.54, 1.807) is 24.5 Å². The van der Waals surface area contributed by atoms with Gasteiger partial charge in [0.1, 0.15) is 11.2 Å². The van der Waals surface area contributed by atoms with E-state index in [0.29, 0.717) is 42.6 Å². The van der Waals surface area contributed by atoms with E-state index in [0.717, 1.165) is 15.4 Å². The lowest BCUT2D eigenvalue weighted by Gasteiger charge is -2.29. The molecule has 146 valence electrons. The summed E-state index contributed by atoms with van der Waals surface area (Å²) in [6, 6.07) is 11.7. The van der Waals surface area contributed by atoms with Gasteiger partial charge in [-0.1, -0.05) is 15.9 Å². The molecule has 0 unspecified atom stereocenters. The molecule has 1 aromatic carbocycles. The Kier molecular flexibility index (Phi) is 4.97. The molecule has 3 aromatic rings. The molecule has 1 aliphatic carbocycles. The zero-order valence-corrected chi connectivity index (χ0v) is 17.5. The maximum absolute atomic E-state index is 12.8. The number of carbonyl (C=O) groups is 2. The number of nitriles is 1. The highest BCUT2D eigenvalue weighted by atomic mass is 79.9. The summed E-state index contributed by atoms with van der Waals surface area (Å²) in [6.07, 6.45) is 5.17. The van der Waals surface area contributed by atoms with Gasteiger partial charge in [-0.2, -0.15) is 5.26 Å². The van der Waals surface area contributed by atoms with Crippen LogP contribution in [0.5, 0.6) is 0 Å². The number of hydrogen-bond donors (Lipinski definition) is 1. The number of hydrogen-bond acceptors (Lipinski definition) is 4. The second-order valence-electron chi connectivity index (χ2n) is 7.43. The first-order valence-electron chi connectivity index (χ1n) is 9.37. The lowest BCUT2D eigenvalue weighted by Crippen LogP contribution is -2.31. The number of carbonyl (C=O) groups excluding carboxylic acids is 2. The van der Waals surface area contributed by atoms with Crippen molar-refractivity contribution in [2.24, 2.45) is 7.05 Å². The van der Waals surface area contributed by atoms with Crippen molar-refractivity contribution in [3.05, 3.63) is 58.5 Å². The van der Waals surface area contributed by atoms with Crippen molar-refractivity contribution in [3.63, 3.8) is 0 Å². The maximum atomic E-state index is 12.8. The molecule has 6 nitrogen and oxygen atoms in total. The highest BCUT2D eigenvalue weighted by Crippen LogP contribution is 2.37. The molecule has 1 amide bonds. The minimum atomic E-state index is -0.724. The molecule has 2 heterocycles. The van der Waals surface area contributed by atoms with E-state index >= 15 is 0 Å². The number of amides is 1. The number of nitrogens with zero attached hydrogens (tertiary/aromatic N) is 3. The summed E-state index contributed by atoms with van der Waals surface area (Å²) in [6.45, 7) is 0. The van der Waals surface area contributed by atoms with Crippen LogP contribution < -0.4 is 5.32 Å². The molecule has 1 N–H and O–H groups in total. The Labute approximate surface area is 176 Å². The normalized spacial score (nSPS) is 15.8. The summed E-state index contributed by atoms with van der Waals surface area (Å²) in [5, 5.41) is 13.4. The molecule has 0 saturated heterocycles. The molecule has 29 heavy (non-hydrogen) atoms. The molecule has 0 spiro atoms. The third-order valence-electron chi connectivity index (χ3n) is 5.58. The van der Waals surface area contributed by atoms with Gasteiger partial charge >= 0.3 is 0 Å². The number of ketones is 1. The zero-order valence-electron chi connectivity index (χ0n) is 15.9. The summed E-state index contributed by atoms with van der Waals surface area (Å²) in [5.41, 5.74) is 2.03. The molecule has 0 aliphatic heterocycles. The van der Waals surface area contributed by atoms with Crippen LogP contribution in [0, 0.1) is 11.3 Å². The SMILES string of the molecule is Cn1cc(C(=O)Nc2ccc(C3(C#N)CCC(=O)CC3)nc2)c2cc(Br)ccc21. The minimum Gasteiger partial charge on any atom is -0.350 e. The third kappa shape index (κ3) is 3.56. The summed E-state index contributed by atoms with van der Waals surface area (Å²) >= 11 is 3.45. The summed E-state index contributed by atoms with van der Waals surface area (Å²) in [7, 11) is 1.90. The van der Waals surface area contributed by atoms with Crippen LogP contribution in [0.1, 0.15) is 41.7 Å². The van der Waals surface area contributed by atoms with Gasteiger partial charge in [-0.25, -0.2) is 0 Å². The number of rotatable bonds is 3. The standard InChI is InChI=1S/C22H19BrN4O2/c1-27-12-18(17-10-14(23)2-4-19(17)27)21(29)26-15-3-5-20(25-11-15)22(13-24)8-6-16(28)7-9-22/h2-5,10-12H,6-9H2,1H3,(H,26,29). The quantitative estimate of drug-likeness (QED) is 0.636. The van der Waals surface area contributed by atoms with E-state index in [2.05, 4.69) is 32.3 Å². The van der Waals surface area contributed by atoms with Gasteiger partial charge in [0.15, 0.2) is 0 Å². The van der Waals surface area contributed by atoms with Crippen molar-refractivity contribution in [3.8, 4) is 6.07 Å². The van der Waals surface area contributed by atoms with E-state index in [1.165, 1.54) is 0 Å². The molecule has 1 fully saturated rings. The molecule has 1 saturated carbocycles. The van der Waals surface area contributed by atoms with Crippen molar-refractivity contribution in [2.75, 3.05) is 5.32 Å². The summed E-state index contributed by atoms with van der Waals surface area (Å²) < 4.78 is 2.82. The number of aromatic nitrogens is 2. The van der Waals surface area contributed by atoms with Crippen LogP contribution in [0.25, 0.3) is 10.9 Å². The predicted octanol–water partition coefficient (Wildman–Crippen LogP) is 4.49. The van der Waals surface area contributed by atoms with Crippen LogP contribution in [-0.2, 0) is 17.3 Å². The fourth-order valence-electron chi connectivity index (χ4n) is 3.88. The molecule has 0 bridgehead atoms. The first-order valence-corrected chi connectivity index (χ1v) is 10.2. The van der Waals surface area contributed by atoms with Crippen LogP contribution in [-0.4, -0.2) is 21.2 Å². The average molecular weight is 451 g/mol. The Bertz CT molecular complexity index is 1150. The molecule has 2 aromatic heterocycles. The highest BCUT2D eigenvalue weighted by molar-refractivity contribution is 9.10. The zero-order chi connectivity index (χ0) is 20.6. The van der Waals surface area contributed by atoms with Crippen molar-refractivity contribution in [2.45, 2.75) is 31.1 Å². The maximum Gasteiger partial charge on any atom is 0.257 e. The van der Waals surface area contributed by atoms with Gasteiger partial charge in [-0.05, 0) is 43.2 Å². The fourth-order valence-corrected chi connectivity index (χ4v) is 4.24. The summed E-state index contributed by atoms with van der Waals surface area (Å²) in [5.74, 6) is -0.0250. The van der Waals surface area contributed by atoms with Gasteiger partial charge in [0.2, 0.25) is 0 Å². The first kappa shape index (κ1) is 19.3. The lowest BCUT2D eigenvalue weighted by molar-refractivity contribution is -0.121. The number of aryl methyl sites for hydroxylation is 1. The largest absolute Gasteiger partial charge is 0.350 e. The van der Waals surface area contributed by atoms with E-state index < -0.39 is 5.41 Å². The molecule has 7 heteroatoms. The van der Waals surface area contributed by atoms with Crippen LogP contribution in [0.3, 0.4) is 0 Å². The number of fused-ring (bicyclic) bond motifs is 1. The van der Waals surface area contributed by atoms with Crippen molar-refractivity contribution >= 4 is 44.2 Å². The van der Waals surface area contributed by atoms with Crippen LogP contribution in [0.15, 0.2) is 47.2 Å². The Balaban J connectivity index is 1.57.